The Labute approximate surface area is 123 Å². The third-order valence-corrected chi connectivity index (χ3v) is 4.12. The molecule has 1 fully saturated rings. The van der Waals surface area contributed by atoms with Crippen LogP contribution in [0, 0.1) is 5.92 Å². The first-order valence-corrected chi connectivity index (χ1v) is 7.57. The molecule has 19 heavy (non-hydrogen) atoms. The van der Waals surface area contributed by atoms with Crippen LogP contribution in [0.3, 0.4) is 0 Å². The zero-order valence-corrected chi connectivity index (χ0v) is 13.4. The summed E-state index contributed by atoms with van der Waals surface area (Å²) in [7, 11) is 3.31. The lowest BCUT2D eigenvalue weighted by molar-refractivity contribution is 0.352. The van der Waals surface area contributed by atoms with Crippen LogP contribution in [-0.4, -0.2) is 20.3 Å². The van der Waals surface area contributed by atoms with Gasteiger partial charge in [-0.15, -0.1) is 0 Å². The van der Waals surface area contributed by atoms with Gasteiger partial charge in [0.05, 0.1) is 18.7 Å². The smallest absolute Gasteiger partial charge is 0.174 e. The molecule has 2 rings (SSSR count). The van der Waals surface area contributed by atoms with Crippen molar-refractivity contribution in [2.45, 2.75) is 38.8 Å². The first-order chi connectivity index (χ1) is 9.13. The Kier molecular flexibility index (Phi) is 5.11. The predicted octanol–water partition coefficient (Wildman–Crippen LogP) is 3.74. The van der Waals surface area contributed by atoms with Crippen LogP contribution in [0.2, 0.25) is 0 Å². The second-order valence-corrected chi connectivity index (χ2v) is 6.13. The summed E-state index contributed by atoms with van der Waals surface area (Å²) in [6, 6.07) is 4.68. The van der Waals surface area contributed by atoms with Crippen LogP contribution in [-0.2, 0) is 6.54 Å². The van der Waals surface area contributed by atoms with Crippen molar-refractivity contribution >= 4 is 15.9 Å². The van der Waals surface area contributed by atoms with Crippen LogP contribution < -0.4 is 14.8 Å². The second kappa shape index (κ2) is 6.62. The number of nitrogens with one attached hydrogen (secondary N) is 1. The SMILES string of the molecule is COc1cc(CNC(C)CC2CC2)cc(Br)c1OC. The van der Waals surface area contributed by atoms with Crippen molar-refractivity contribution in [2.24, 2.45) is 5.92 Å². The fourth-order valence-corrected chi connectivity index (χ4v) is 2.95. The lowest BCUT2D eigenvalue weighted by atomic mass is 10.1. The maximum Gasteiger partial charge on any atom is 0.174 e. The van der Waals surface area contributed by atoms with Gasteiger partial charge in [0, 0.05) is 12.6 Å². The van der Waals surface area contributed by atoms with E-state index in [4.69, 9.17) is 9.47 Å². The van der Waals surface area contributed by atoms with Gasteiger partial charge in [-0.2, -0.15) is 0 Å². The fourth-order valence-electron chi connectivity index (χ4n) is 2.30. The largest absolute Gasteiger partial charge is 0.493 e. The molecule has 1 N–H and O–H groups in total. The highest BCUT2D eigenvalue weighted by atomic mass is 79.9. The monoisotopic (exact) mass is 327 g/mol. The van der Waals surface area contributed by atoms with Crippen LogP contribution in [0.5, 0.6) is 11.5 Å². The molecule has 0 saturated heterocycles. The number of rotatable bonds is 7. The minimum absolute atomic E-state index is 0.569. The molecule has 0 aliphatic heterocycles. The molecule has 0 heterocycles. The maximum absolute atomic E-state index is 5.36. The Hall–Kier alpha value is -0.740. The van der Waals surface area contributed by atoms with Crippen molar-refractivity contribution in [1.29, 1.82) is 0 Å². The van der Waals surface area contributed by atoms with E-state index in [1.54, 1.807) is 14.2 Å². The second-order valence-electron chi connectivity index (χ2n) is 5.27. The zero-order chi connectivity index (χ0) is 13.8. The molecule has 0 bridgehead atoms. The summed E-state index contributed by atoms with van der Waals surface area (Å²) in [5, 5.41) is 3.57. The summed E-state index contributed by atoms with van der Waals surface area (Å²) in [6.45, 7) is 3.11. The Morgan fingerprint density at radius 1 is 1.32 bits per heavy atom. The zero-order valence-electron chi connectivity index (χ0n) is 11.8. The summed E-state index contributed by atoms with van der Waals surface area (Å²) >= 11 is 3.52. The molecule has 1 unspecified atom stereocenters. The van der Waals surface area contributed by atoms with Crippen molar-refractivity contribution in [3.8, 4) is 11.5 Å². The number of benzene rings is 1. The summed E-state index contributed by atoms with van der Waals surface area (Å²) in [5.74, 6) is 2.47. The first-order valence-electron chi connectivity index (χ1n) is 6.77. The number of halogens is 1. The molecule has 1 atom stereocenters. The molecule has 0 amide bonds. The van der Waals surface area contributed by atoms with Gasteiger partial charge in [-0.25, -0.2) is 0 Å². The van der Waals surface area contributed by atoms with E-state index in [1.165, 1.54) is 24.8 Å². The van der Waals surface area contributed by atoms with E-state index in [1.807, 2.05) is 6.07 Å². The van der Waals surface area contributed by atoms with Crippen molar-refractivity contribution in [2.75, 3.05) is 14.2 Å². The van der Waals surface area contributed by atoms with Crippen molar-refractivity contribution < 1.29 is 9.47 Å². The molecule has 1 aromatic rings. The van der Waals surface area contributed by atoms with E-state index >= 15 is 0 Å². The lowest BCUT2D eigenvalue weighted by Gasteiger charge is -2.15. The average Bonchev–Trinajstić information content (AvgIpc) is 3.19. The van der Waals surface area contributed by atoms with Crippen molar-refractivity contribution in [1.82, 2.24) is 5.32 Å². The van der Waals surface area contributed by atoms with Gasteiger partial charge in [-0.1, -0.05) is 12.8 Å². The van der Waals surface area contributed by atoms with Crippen LogP contribution in [0.15, 0.2) is 16.6 Å². The molecule has 0 spiro atoms. The van der Waals surface area contributed by atoms with Gasteiger partial charge in [0.1, 0.15) is 0 Å². The van der Waals surface area contributed by atoms with Crippen LogP contribution in [0.4, 0.5) is 0 Å². The molecule has 4 heteroatoms. The molecule has 1 aliphatic rings. The Balaban J connectivity index is 1.97. The predicted molar refractivity (Wildman–Crippen MR) is 80.9 cm³/mol. The maximum atomic E-state index is 5.36. The first kappa shape index (κ1) is 14.7. The molecule has 0 aromatic heterocycles. The molecule has 1 saturated carbocycles. The summed E-state index contributed by atoms with van der Waals surface area (Å²) in [4.78, 5) is 0. The quantitative estimate of drug-likeness (QED) is 0.827. The molecule has 106 valence electrons. The number of methoxy groups -OCH3 is 2. The van der Waals surface area contributed by atoms with Gasteiger partial charge in [0.15, 0.2) is 11.5 Å². The third kappa shape index (κ3) is 4.11. The Morgan fingerprint density at radius 3 is 2.63 bits per heavy atom. The van der Waals surface area contributed by atoms with Crippen LogP contribution in [0.1, 0.15) is 31.7 Å². The van der Waals surface area contributed by atoms with Crippen molar-refractivity contribution in [3.05, 3.63) is 22.2 Å². The third-order valence-electron chi connectivity index (χ3n) is 3.53. The summed E-state index contributed by atoms with van der Waals surface area (Å²) < 4.78 is 11.6. The van der Waals surface area contributed by atoms with E-state index in [-0.39, 0.29) is 0 Å². The molecule has 3 nitrogen and oxygen atoms in total. The number of hydrogen-bond donors (Lipinski definition) is 1. The fraction of sp³-hybridized carbons (Fsp3) is 0.600. The molecular formula is C15H22BrNO2. The number of ether oxygens (including phenoxy) is 2. The minimum atomic E-state index is 0.569. The molecule has 0 radical (unpaired) electrons. The molecule has 1 aromatic carbocycles. The topological polar surface area (TPSA) is 30.5 Å². The molecule has 1 aliphatic carbocycles. The minimum Gasteiger partial charge on any atom is -0.493 e. The van der Waals surface area contributed by atoms with E-state index in [0.29, 0.717) is 6.04 Å². The highest BCUT2D eigenvalue weighted by Gasteiger charge is 2.23. The average molecular weight is 328 g/mol. The highest BCUT2D eigenvalue weighted by molar-refractivity contribution is 9.10. The number of hydrogen-bond acceptors (Lipinski definition) is 3. The molecular weight excluding hydrogens is 306 g/mol. The van der Waals surface area contributed by atoms with Gasteiger partial charge in [0.2, 0.25) is 0 Å². The highest BCUT2D eigenvalue weighted by Crippen LogP contribution is 2.36. The normalized spacial score (nSPS) is 16.2. The van der Waals surface area contributed by atoms with E-state index in [0.717, 1.165) is 28.4 Å². The lowest BCUT2D eigenvalue weighted by Crippen LogP contribution is -2.25. The van der Waals surface area contributed by atoms with Gasteiger partial charge < -0.3 is 14.8 Å². The Bertz CT molecular complexity index is 432. The Morgan fingerprint density at radius 2 is 2.05 bits per heavy atom. The van der Waals surface area contributed by atoms with Gasteiger partial charge in [-0.05, 0) is 52.9 Å². The van der Waals surface area contributed by atoms with Crippen molar-refractivity contribution in [3.63, 3.8) is 0 Å². The van der Waals surface area contributed by atoms with E-state index < -0.39 is 0 Å². The van der Waals surface area contributed by atoms with E-state index in [2.05, 4.69) is 34.2 Å². The van der Waals surface area contributed by atoms with Crippen LogP contribution in [0.25, 0.3) is 0 Å². The standard InChI is InChI=1S/C15H22BrNO2/c1-10(6-11-4-5-11)17-9-12-7-13(16)15(19-3)14(8-12)18-2/h7-8,10-11,17H,4-6,9H2,1-3H3. The summed E-state index contributed by atoms with van der Waals surface area (Å²) in [5.41, 5.74) is 1.20. The van der Waals surface area contributed by atoms with Crippen LogP contribution >= 0.6 is 15.9 Å². The van der Waals surface area contributed by atoms with E-state index in [9.17, 15) is 0 Å². The van der Waals surface area contributed by atoms with Gasteiger partial charge in [0.25, 0.3) is 0 Å². The summed E-state index contributed by atoms with van der Waals surface area (Å²) in [6.07, 6.45) is 4.11. The van der Waals surface area contributed by atoms with Gasteiger partial charge in [-0.3, -0.25) is 0 Å². The van der Waals surface area contributed by atoms with Gasteiger partial charge >= 0.3 is 0 Å².